The van der Waals surface area contributed by atoms with Crippen molar-refractivity contribution in [3.63, 3.8) is 0 Å². The van der Waals surface area contributed by atoms with E-state index in [1.54, 1.807) is 0 Å². The molecule has 0 saturated carbocycles. The van der Waals surface area contributed by atoms with Gasteiger partial charge in [-0.05, 0) is 12.2 Å². The summed E-state index contributed by atoms with van der Waals surface area (Å²) >= 11 is 4.43. The largest absolute Gasteiger partial charge is 0.360 e. The van der Waals surface area contributed by atoms with Crippen molar-refractivity contribution in [3.8, 4) is 0 Å². The fourth-order valence-electron chi connectivity index (χ4n) is 0.531. The summed E-state index contributed by atoms with van der Waals surface area (Å²) < 4.78 is 0. The number of carbonyl (C=O) groups excluding carboxylic acids is 2. The summed E-state index contributed by atoms with van der Waals surface area (Å²) in [6, 6.07) is 0. The van der Waals surface area contributed by atoms with Gasteiger partial charge in [-0.25, -0.2) is 0 Å². The summed E-state index contributed by atoms with van der Waals surface area (Å²) in [5, 5.41) is 12.7. The van der Waals surface area contributed by atoms with Crippen LogP contribution in [0, 0.1) is 0 Å². The number of carbonyl (C=O) groups is 2. The van der Waals surface area contributed by atoms with Crippen LogP contribution in [0.5, 0.6) is 0 Å². The molecule has 0 aromatic rings. The lowest BCUT2D eigenvalue weighted by Gasteiger charge is -2.25. The predicted octanol–water partition coefficient (Wildman–Crippen LogP) is -2.84. The minimum atomic E-state index is -2.51. The zero-order chi connectivity index (χ0) is 8.65. The van der Waals surface area contributed by atoms with Crippen LogP contribution in [0.2, 0.25) is 0 Å². The Morgan fingerprint density at radius 3 is 2.09 bits per heavy atom. The number of nitrogens with one attached hydrogen (secondary N) is 2. The van der Waals surface area contributed by atoms with Crippen molar-refractivity contribution < 1.29 is 14.7 Å². The number of rotatable bonds is 0. The zero-order valence-electron chi connectivity index (χ0n) is 5.25. The number of hydrogen-bond acceptors (Lipinski definition) is 5. The van der Waals surface area contributed by atoms with Crippen LogP contribution < -0.4 is 16.4 Å². The third-order valence-electron chi connectivity index (χ3n) is 1.15. The highest BCUT2D eigenvalue weighted by molar-refractivity contribution is 7.80. The Balaban J connectivity index is 2.93. The first-order chi connectivity index (χ1) is 4.94. The Bertz CT molecular complexity index is 227. The molecular formula is C4H5N3O3S. The molecule has 6 nitrogen and oxygen atoms in total. The van der Waals surface area contributed by atoms with E-state index in [9.17, 15) is 9.59 Å². The van der Waals surface area contributed by atoms with E-state index >= 15 is 0 Å². The van der Waals surface area contributed by atoms with Gasteiger partial charge in [-0.3, -0.25) is 26.0 Å². The summed E-state index contributed by atoms with van der Waals surface area (Å²) in [6.07, 6.45) is 0. The van der Waals surface area contributed by atoms with Gasteiger partial charge in [-0.2, -0.15) is 0 Å². The third kappa shape index (κ3) is 1.20. The fraction of sp³-hybridized carbons (Fsp3) is 0.250. The molecule has 1 rings (SSSR count). The second-order valence-electron chi connectivity index (χ2n) is 2.00. The predicted molar refractivity (Wildman–Crippen MR) is 38.0 cm³/mol. The smallest absolute Gasteiger partial charge is 0.283 e. The van der Waals surface area contributed by atoms with Crippen LogP contribution in [0.25, 0.3) is 0 Å². The van der Waals surface area contributed by atoms with E-state index in [1.165, 1.54) is 0 Å². The Morgan fingerprint density at radius 1 is 1.36 bits per heavy atom. The van der Waals surface area contributed by atoms with Gasteiger partial charge < -0.3 is 5.11 Å². The number of thiocarbonyl (C=S) groups is 1. The van der Waals surface area contributed by atoms with E-state index < -0.39 is 17.5 Å². The van der Waals surface area contributed by atoms with Crippen molar-refractivity contribution in [2.45, 2.75) is 5.72 Å². The first-order valence-electron chi connectivity index (χ1n) is 2.62. The quantitative estimate of drug-likeness (QED) is 0.180. The van der Waals surface area contributed by atoms with Gasteiger partial charge in [0.15, 0.2) is 5.11 Å². The molecule has 11 heavy (non-hydrogen) atoms. The maximum atomic E-state index is 10.7. The summed E-state index contributed by atoms with van der Waals surface area (Å²) in [5.41, 5.74) is 2.39. The molecule has 1 heterocycles. The Morgan fingerprint density at radius 2 is 1.73 bits per heavy atom. The highest BCUT2D eigenvalue weighted by atomic mass is 32.1. The van der Waals surface area contributed by atoms with Crippen LogP contribution in [0.15, 0.2) is 0 Å². The number of nitrogens with two attached hydrogens (primary N) is 1. The molecule has 0 radical (unpaired) electrons. The summed E-state index contributed by atoms with van der Waals surface area (Å²) in [7, 11) is 0. The maximum absolute atomic E-state index is 10.7. The van der Waals surface area contributed by atoms with Crippen LogP contribution in [0.4, 0.5) is 0 Å². The molecule has 5 N–H and O–H groups in total. The molecule has 1 fully saturated rings. The molecule has 60 valence electrons. The van der Waals surface area contributed by atoms with Crippen LogP contribution in [-0.4, -0.2) is 27.8 Å². The monoisotopic (exact) mass is 175 g/mol. The SMILES string of the molecule is NC1(O)C(=O)NC(=S)NC1=O. The van der Waals surface area contributed by atoms with Gasteiger partial charge in [0.2, 0.25) is 0 Å². The van der Waals surface area contributed by atoms with E-state index in [0.29, 0.717) is 0 Å². The van der Waals surface area contributed by atoms with E-state index in [2.05, 4.69) is 12.2 Å². The van der Waals surface area contributed by atoms with Gasteiger partial charge in [-0.15, -0.1) is 0 Å². The van der Waals surface area contributed by atoms with Crippen molar-refractivity contribution >= 4 is 29.1 Å². The van der Waals surface area contributed by atoms with Crippen LogP contribution >= 0.6 is 12.2 Å². The van der Waals surface area contributed by atoms with Gasteiger partial charge in [0.1, 0.15) is 0 Å². The first-order valence-corrected chi connectivity index (χ1v) is 3.03. The van der Waals surface area contributed by atoms with E-state index in [0.717, 1.165) is 0 Å². The minimum Gasteiger partial charge on any atom is -0.360 e. The lowest BCUT2D eigenvalue weighted by Crippen LogP contribution is -2.70. The molecule has 0 aliphatic carbocycles. The fourth-order valence-corrected chi connectivity index (χ4v) is 0.717. The molecule has 0 spiro atoms. The normalized spacial score (nSPS) is 22.5. The van der Waals surface area contributed by atoms with Crippen LogP contribution in [-0.2, 0) is 9.59 Å². The third-order valence-corrected chi connectivity index (χ3v) is 1.35. The number of aliphatic hydroxyl groups is 1. The molecule has 0 unspecified atom stereocenters. The van der Waals surface area contributed by atoms with Crippen molar-refractivity contribution in [1.82, 2.24) is 10.6 Å². The molecule has 7 heteroatoms. The standard InChI is InChI=1S/C4H5N3O3S/c5-4(10)1(8)6-3(11)7-2(4)9/h10H,5H2,(H2,6,7,8,9,11). The second-order valence-corrected chi connectivity index (χ2v) is 2.41. The number of amides is 2. The topological polar surface area (TPSA) is 104 Å². The first kappa shape index (κ1) is 8.05. The zero-order valence-corrected chi connectivity index (χ0v) is 6.07. The molecule has 1 aliphatic rings. The van der Waals surface area contributed by atoms with Gasteiger partial charge in [0.05, 0.1) is 0 Å². The molecule has 0 atom stereocenters. The van der Waals surface area contributed by atoms with Gasteiger partial charge in [0.25, 0.3) is 17.5 Å². The van der Waals surface area contributed by atoms with Gasteiger partial charge in [-0.1, -0.05) is 0 Å². The molecule has 2 amide bonds. The molecule has 1 saturated heterocycles. The summed E-state index contributed by atoms with van der Waals surface area (Å²) in [5.74, 6) is -2.04. The van der Waals surface area contributed by atoms with Gasteiger partial charge in [0, 0.05) is 0 Å². The summed E-state index contributed by atoms with van der Waals surface area (Å²) in [6.45, 7) is 0. The average Bonchev–Trinajstić information content (AvgIpc) is 1.84. The number of hydrogen-bond donors (Lipinski definition) is 4. The van der Waals surface area contributed by atoms with Crippen LogP contribution in [0.1, 0.15) is 0 Å². The van der Waals surface area contributed by atoms with Crippen LogP contribution in [0.3, 0.4) is 0 Å². The minimum absolute atomic E-state index is 0.157. The summed E-state index contributed by atoms with van der Waals surface area (Å²) in [4.78, 5) is 21.4. The highest BCUT2D eigenvalue weighted by Crippen LogP contribution is 1.99. The Hall–Kier alpha value is -1.05. The van der Waals surface area contributed by atoms with Crippen molar-refractivity contribution in [2.75, 3.05) is 0 Å². The van der Waals surface area contributed by atoms with E-state index in [1.807, 2.05) is 10.6 Å². The molecule has 0 aromatic heterocycles. The molecular weight excluding hydrogens is 170 g/mol. The van der Waals surface area contributed by atoms with Crippen molar-refractivity contribution in [2.24, 2.45) is 5.73 Å². The molecule has 0 bridgehead atoms. The lowest BCUT2D eigenvalue weighted by atomic mass is 10.2. The highest BCUT2D eigenvalue weighted by Gasteiger charge is 2.44. The van der Waals surface area contributed by atoms with Gasteiger partial charge >= 0.3 is 0 Å². The maximum Gasteiger partial charge on any atom is 0.283 e. The van der Waals surface area contributed by atoms with Crippen molar-refractivity contribution in [1.29, 1.82) is 0 Å². The van der Waals surface area contributed by atoms with E-state index in [-0.39, 0.29) is 5.11 Å². The lowest BCUT2D eigenvalue weighted by molar-refractivity contribution is -0.153. The molecule has 1 aliphatic heterocycles. The van der Waals surface area contributed by atoms with E-state index in [4.69, 9.17) is 10.8 Å². The Kier molecular flexibility index (Phi) is 1.63. The molecule has 0 aromatic carbocycles. The second kappa shape index (κ2) is 2.22. The Labute approximate surface area is 66.7 Å². The average molecular weight is 175 g/mol. The van der Waals surface area contributed by atoms with Crippen molar-refractivity contribution in [3.05, 3.63) is 0 Å².